The minimum atomic E-state index is -2.69. The Morgan fingerprint density at radius 3 is 2.54 bits per heavy atom. The third kappa shape index (κ3) is 1.71. The lowest BCUT2D eigenvalue weighted by atomic mass is 10.0. The molecule has 0 unspecified atom stereocenters. The number of aldehydes is 1. The van der Waals surface area contributed by atoms with Gasteiger partial charge in [0.15, 0.2) is 6.29 Å². The molecule has 0 aliphatic heterocycles. The SMILES string of the molecule is Cc1cnc(C(F)F)c(C=O)c1C. The van der Waals surface area contributed by atoms with Crippen molar-refractivity contribution in [2.45, 2.75) is 20.3 Å². The van der Waals surface area contributed by atoms with Gasteiger partial charge in [0.2, 0.25) is 0 Å². The van der Waals surface area contributed by atoms with Crippen LogP contribution in [0.1, 0.15) is 33.6 Å². The van der Waals surface area contributed by atoms with Gasteiger partial charge in [-0.25, -0.2) is 8.78 Å². The summed E-state index contributed by atoms with van der Waals surface area (Å²) >= 11 is 0. The van der Waals surface area contributed by atoms with E-state index >= 15 is 0 Å². The molecule has 13 heavy (non-hydrogen) atoms. The average Bonchev–Trinajstić information content (AvgIpc) is 2.09. The maximum absolute atomic E-state index is 12.3. The first kappa shape index (κ1) is 9.77. The van der Waals surface area contributed by atoms with Crippen molar-refractivity contribution in [3.63, 3.8) is 0 Å². The number of halogens is 2. The van der Waals surface area contributed by atoms with Crippen molar-refractivity contribution in [2.24, 2.45) is 0 Å². The van der Waals surface area contributed by atoms with Crippen LogP contribution in [-0.2, 0) is 0 Å². The molecule has 2 nitrogen and oxygen atoms in total. The fourth-order valence-electron chi connectivity index (χ4n) is 1.06. The molecule has 4 heteroatoms. The molecule has 0 aromatic carbocycles. The molecule has 0 aliphatic carbocycles. The van der Waals surface area contributed by atoms with Gasteiger partial charge >= 0.3 is 0 Å². The molecule has 0 N–H and O–H groups in total. The molecule has 0 saturated carbocycles. The highest BCUT2D eigenvalue weighted by Crippen LogP contribution is 2.23. The molecule has 0 fully saturated rings. The van der Waals surface area contributed by atoms with Gasteiger partial charge in [-0.15, -0.1) is 0 Å². The van der Waals surface area contributed by atoms with E-state index in [1.165, 1.54) is 6.20 Å². The van der Waals surface area contributed by atoms with Crippen LogP contribution in [0.15, 0.2) is 6.20 Å². The molecule has 0 amide bonds. The van der Waals surface area contributed by atoms with Gasteiger partial charge in [-0.05, 0) is 25.0 Å². The largest absolute Gasteiger partial charge is 0.298 e. The van der Waals surface area contributed by atoms with Gasteiger partial charge in [-0.1, -0.05) is 0 Å². The maximum Gasteiger partial charge on any atom is 0.281 e. The third-order valence-corrected chi connectivity index (χ3v) is 1.99. The highest BCUT2D eigenvalue weighted by atomic mass is 19.3. The van der Waals surface area contributed by atoms with Gasteiger partial charge < -0.3 is 0 Å². The first-order valence-electron chi connectivity index (χ1n) is 3.77. The Morgan fingerprint density at radius 1 is 1.46 bits per heavy atom. The Labute approximate surface area is 74.6 Å². The van der Waals surface area contributed by atoms with Gasteiger partial charge in [-0.2, -0.15) is 0 Å². The number of hydrogen-bond acceptors (Lipinski definition) is 2. The van der Waals surface area contributed by atoms with Crippen LogP contribution in [-0.4, -0.2) is 11.3 Å². The smallest absolute Gasteiger partial charge is 0.281 e. The zero-order chi connectivity index (χ0) is 10.0. The summed E-state index contributed by atoms with van der Waals surface area (Å²) in [6, 6.07) is 0. The minimum absolute atomic E-state index is 0.00926. The predicted molar refractivity (Wildman–Crippen MR) is 44.1 cm³/mol. The molecule has 70 valence electrons. The van der Waals surface area contributed by atoms with E-state index in [2.05, 4.69) is 4.98 Å². The highest BCUT2D eigenvalue weighted by molar-refractivity contribution is 5.79. The molecule has 0 spiro atoms. The molecule has 1 heterocycles. The standard InChI is InChI=1S/C9H9F2NO/c1-5-3-12-8(9(10)11)7(4-13)6(5)2/h3-4,9H,1-2H3. The number of carbonyl (C=O) groups is 1. The van der Waals surface area contributed by atoms with E-state index in [4.69, 9.17) is 0 Å². The maximum atomic E-state index is 12.3. The van der Waals surface area contributed by atoms with Crippen molar-refractivity contribution < 1.29 is 13.6 Å². The first-order chi connectivity index (χ1) is 6.07. The summed E-state index contributed by atoms with van der Waals surface area (Å²) in [4.78, 5) is 14.1. The number of rotatable bonds is 2. The van der Waals surface area contributed by atoms with Crippen LogP contribution in [0.2, 0.25) is 0 Å². The van der Waals surface area contributed by atoms with Gasteiger partial charge in [0.1, 0.15) is 5.69 Å². The Kier molecular flexibility index (Phi) is 2.70. The Hall–Kier alpha value is -1.32. The van der Waals surface area contributed by atoms with Crippen LogP contribution in [0.4, 0.5) is 8.78 Å². The number of aryl methyl sites for hydroxylation is 1. The lowest BCUT2D eigenvalue weighted by molar-refractivity contribution is 0.110. The van der Waals surface area contributed by atoms with Crippen LogP contribution in [0.3, 0.4) is 0 Å². The molecule has 1 aromatic heterocycles. The second-order valence-corrected chi connectivity index (χ2v) is 2.78. The van der Waals surface area contributed by atoms with Crippen LogP contribution >= 0.6 is 0 Å². The Morgan fingerprint density at radius 2 is 2.08 bits per heavy atom. The summed E-state index contributed by atoms with van der Waals surface area (Å²) in [5.41, 5.74) is 0.889. The van der Waals surface area contributed by atoms with Crippen molar-refractivity contribution in [3.05, 3.63) is 28.6 Å². The summed E-state index contributed by atoms with van der Waals surface area (Å²) in [6.07, 6.45) is -0.916. The van der Waals surface area contributed by atoms with Gasteiger partial charge in [0, 0.05) is 11.8 Å². The van der Waals surface area contributed by atoms with Gasteiger partial charge in [0.25, 0.3) is 6.43 Å². The number of hydrogen-bond donors (Lipinski definition) is 0. The molecule has 0 aliphatic rings. The molecular weight excluding hydrogens is 176 g/mol. The number of alkyl halides is 2. The summed E-state index contributed by atoms with van der Waals surface area (Å²) in [5, 5.41) is 0. The summed E-state index contributed by atoms with van der Waals surface area (Å²) < 4.78 is 24.6. The molecule has 0 bridgehead atoms. The van der Waals surface area contributed by atoms with Crippen molar-refractivity contribution in [2.75, 3.05) is 0 Å². The minimum Gasteiger partial charge on any atom is -0.298 e. The highest BCUT2D eigenvalue weighted by Gasteiger charge is 2.16. The summed E-state index contributed by atoms with van der Waals surface area (Å²) in [7, 11) is 0. The average molecular weight is 185 g/mol. The van der Waals surface area contributed by atoms with E-state index in [-0.39, 0.29) is 5.56 Å². The number of aromatic nitrogens is 1. The number of pyridine rings is 1. The molecule has 1 rings (SSSR count). The second kappa shape index (κ2) is 3.60. The summed E-state index contributed by atoms with van der Waals surface area (Å²) in [6.45, 7) is 3.36. The zero-order valence-electron chi connectivity index (χ0n) is 7.34. The van der Waals surface area contributed by atoms with E-state index in [9.17, 15) is 13.6 Å². The van der Waals surface area contributed by atoms with E-state index < -0.39 is 12.1 Å². The Balaban J connectivity index is 3.38. The van der Waals surface area contributed by atoms with E-state index in [0.29, 0.717) is 11.8 Å². The van der Waals surface area contributed by atoms with Crippen molar-refractivity contribution in [1.82, 2.24) is 4.98 Å². The van der Waals surface area contributed by atoms with Gasteiger partial charge in [0.05, 0.1) is 0 Å². The van der Waals surface area contributed by atoms with E-state index in [1.54, 1.807) is 13.8 Å². The lowest BCUT2D eigenvalue weighted by Crippen LogP contribution is -2.02. The van der Waals surface area contributed by atoms with Crippen LogP contribution in [0.25, 0.3) is 0 Å². The van der Waals surface area contributed by atoms with Crippen molar-refractivity contribution in [1.29, 1.82) is 0 Å². The Bertz CT molecular complexity index is 337. The molecular formula is C9H9F2NO. The lowest BCUT2D eigenvalue weighted by Gasteiger charge is -2.07. The molecule has 0 radical (unpaired) electrons. The van der Waals surface area contributed by atoms with E-state index in [0.717, 1.165) is 5.56 Å². The predicted octanol–water partition coefficient (Wildman–Crippen LogP) is 2.45. The van der Waals surface area contributed by atoms with Crippen LogP contribution in [0, 0.1) is 13.8 Å². The fourth-order valence-corrected chi connectivity index (χ4v) is 1.06. The van der Waals surface area contributed by atoms with Gasteiger partial charge in [-0.3, -0.25) is 9.78 Å². The molecule has 1 aromatic rings. The molecule has 0 atom stereocenters. The summed E-state index contributed by atoms with van der Waals surface area (Å²) in [5.74, 6) is 0. The first-order valence-corrected chi connectivity index (χ1v) is 3.77. The van der Waals surface area contributed by atoms with Crippen molar-refractivity contribution in [3.8, 4) is 0 Å². The quantitative estimate of drug-likeness (QED) is 0.662. The third-order valence-electron chi connectivity index (χ3n) is 1.99. The fraction of sp³-hybridized carbons (Fsp3) is 0.333. The van der Waals surface area contributed by atoms with Crippen molar-refractivity contribution >= 4 is 6.29 Å². The number of carbonyl (C=O) groups excluding carboxylic acids is 1. The normalized spacial score (nSPS) is 10.5. The zero-order valence-corrected chi connectivity index (χ0v) is 7.34. The second-order valence-electron chi connectivity index (χ2n) is 2.78. The van der Waals surface area contributed by atoms with Crippen LogP contribution in [0.5, 0.6) is 0 Å². The van der Waals surface area contributed by atoms with Crippen LogP contribution < -0.4 is 0 Å². The number of nitrogens with zero attached hydrogens (tertiary/aromatic N) is 1. The molecule has 0 saturated heterocycles. The monoisotopic (exact) mass is 185 g/mol. The van der Waals surface area contributed by atoms with E-state index in [1.807, 2.05) is 0 Å². The topological polar surface area (TPSA) is 30.0 Å².